The van der Waals surface area contributed by atoms with Gasteiger partial charge in [0, 0.05) is 36.2 Å². The molecule has 0 spiro atoms. The molecule has 2 fully saturated rings. The Hall–Kier alpha value is -1.97. The van der Waals surface area contributed by atoms with E-state index >= 15 is 0 Å². The Morgan fingerprint density at radius 2 is 1.93 bits per heavy atom. The SMILES string of the molecule is CS(=O)(=O)N[C@H]1CC[C@H](Nc2ncc3ccc(OC4CCOC4)cc3n2)CC1. The number of hydrogen-bond acceptors (Lipinski definition) is 7. The molecule has 4 rings (SSSR count). The molecule has 1 unspecified atom stereocenters. The Balaban J connectivity index is 1.38. The fraction of sp³-hybridized carbons (Fsp3) is 0.579. The summed E-state index contributed by atoms with van der Waals surface area (Å²) >= 11 is 0. The van der Waals surface area contributed by atoms with Crippen LogP contribution in [0.2, 0.25) is 0 Å². The van der Waals surface area contributed by atoms with E-state index in [2.05, 4.69) is 20.0 Å². The fourth-order valence-corrected chi connectivity index (χ4v) is 4.63. The summed E-state index contributed by atoms with van der Waals surface area (Å²) in [5.41, 5.74) is 0.835. The van der Waals surface area contributed by atoms with Crippen molar-refractivity contribution in [1.29, 1.82) is 0 Å². The average molecular weight is 407 g/mol. The number of sulfonamides is 1. The number of aromatic nitrogens is 2. The van der Waals surface area contributed by atoms with Crippen LogP contribution in [0.15, 0.2) is 24.4 Å². The third kappa shape index (κ3) is 5.09. The number of rotatable bonds is 6. The molecule has 1 saturated heterocycles. The van der Waals surface area contributed by atoms with Crippen LogP contribution < -0.4 is 14.8 Å². The zero-order valence-electron chi connectivity index (χ0n) is 15.9. The Morgan fingerprint density at radius 1 is 1.14 bits per heavy atom. The van der Waals surface area contributed by atoms with Crippen LogP contribution in [0.4, 0.5) is 5.95 Å². The van der Waals surface area contributed by atoms with Gasteiger partial charge in [-0.15, -0.1) is 0 Å². The molecule has 1 atom stereocenters. The maximum absolute atomic E-state index is 11.4. The number of anilines is 1. The number of hydrogen-bond donors (Lipinski definition) is 2. The summed E-state index contributed by atoms with van der Waals surface area (Å²) in [6.07, 6.45) is 7.39. The fourth-order valence-electron chi connectivity index (χ4n) is 3.79. The second kappa shape index (κ2) is 8.18. The molecule has 2 heterocycles. The second-order valence-electron chi connectivity index (χ2n) is 7.60. The highest BCUT2D eigenvalue weighted by Gasteiger charge is 2.23. The van der Waals surface area contributed by atoms with Crippen LogP contribution in [-0.4, -0.2) is 56.0 Å². The first-order chi connectivity index (χ1) is 13.4. The number of nitrogens with zero attached hydrogens (tertiary/aromatic N) is 2. The van der Waals surface area contributed by atoms with E-state index in [0.717, 1.165) is 55.4 Å². The van der Waals surface area contributed by atoms with Crippen molar-refractivity contribution in [3.63, 3.8) is 0 Å². The monoisotopic (exact) mass is 406 g/mol. The van der Waals surface area contributed by atoms with E-state index in [1.165, 1.54) is 6.26 Å². The van der Waals surface area contributed by atoms with Gasteiger partial charge in [-0.2, -0.15) is 0 Å². The molecule has 1 saturated carbocycles. The summed E-state index contributed by atoms with van der Waals surface area (Å²) in [6.45, 7) is 1.38. The first kappa shape index (κ1) is 19.4. The minimum atomic E-state index is -3.15. The summed E-state index contributed by atoms with van der Waals surface area (Å²) in [6, 6.07) is 6.10. The van der Waals surface area contributed by atoms with E-state index in [1.807, 2.05) is 24.4 Å². The van der Waals surface area contributed by atoms with Crippen molar-refractivity contribution in [1.82, 2.24) is 14.7 Å². The molecule has 1 aliphatic heterocycles. The Labute approximate surface area is 165 Å². The molecule has 0 amide bonds. The van der Waals surface area contributed by atoms with E-state index in [-0.39, 0.29) is 18.2 Å². The average Bonchev–Trinajstić information content (AvgIpc) is 3.15. The predicted molar refractivity (Wildman–Crippen MR) is 107 cm³/mol. The molecule has 2 N–H and O–H groups in total. The topological polar surface area (TPSA) is 102 Å². The number of ether oxygens (including phenoxy) is 2. The molecule has 152 valence electrons. The van der Waals surface area contributed by atoms with Gasteiger partial charge in [0.2, 0.25) is 16.0 Å². The molecule has 0 bridgehead atoms. The lowest BCUT2D eigenvalue weighted by atomic mass is 9.92. The normalized spacial score (nSPS) is 25.7. The molecule has 1 aromatic heterocycles. The molecule has 28 heavy (non-hydrogen) atoms. The standard InChI is InChI=1S/C19H26N4O4S/c1-28(24,25)23-15-5-3-14(4-6-15)21-19-20-11-13-2-7-16(10-18(13)22-19)27-17-8-9-26-12-17/h2,7,10-11,14-15,17,23H,3-6,8-9,12H2,1H3,(H,20,21,22)/t14-,15-,17?. The summed E-state index contributed by atoms with van der Waals surface area (Å²) in [7, 11) is -3.15. The highest BCUT2D eigenvalue weighted by Crippen LogP contribution is 2.25. The van der Waals surface area contributed by atoms with Gasteiger partial charge >= 0.3 is 0 Å². The molecule has 1 aromatic carbocycles. The smallest absolute Gasteiger partial charge is 0.223 e. The molecule has 9 heteroatoms. The maximum atomic E-state index is 11.4. The van der Waals surface area contributed by atoms with Crippen LogP contribution in [0.25, 0.3) is 10.9 Å². The predicted octanol–water partition coefficient (Wildman–Crippen LogP) is 2.07. The number of fused-ring (bicyclic) bond motifs is 1. The summed E-state index contributed by atoms with van der Waals surface area (Å²) in [5.74, 6) is 1.38. The second-order valence-corrected chi connectivity index (χ2v) is 9.38. The van der Waals surface area contributed by atoms with Crippen LogP contribution in [0.3, 0.4) is 0 Å². The lowest BCUT2D eigenvalue weighted by Crippen LogP contribution is -2.39. The molecule has 2 aromatic rings. The van der Waals surface area contributed by atoms with Crippen LogP contribution in [0.5, 0.6) is 5.75 Å². The highest BCUT2D eigenvalue weighted by molar-refractivity contribution is 7.88. The van der Waals surface area contributed by atoms with Crippen molar-refractivity contribution in [2.45, 2.75) is 50.3 Å². The van der Waals surface area contributed by atoms with Crippen molar-refractivity contribution in [2.24, 2.45) is 0 Å². The zero-order valence-corrected chi connectivity index (χ0v) is 16.7. The van der Waals surface area contributed by atoms with Gasteiger partial charge in [0.25, 0.3) is 0 Å². The van der Waals surface area contributed by atoms with Crippen LogP contribution in [-0.2, 0) is 14.8 Å². The summed E-state index contributed by atoms with van der Waals surface area (Å²) < 4.78 is 36.7. The molecule has 1 aliphatic carbocycles. The summed E-state index contributed by atoms with van der Waals surface area (Å²) in [4.78, 5) is 9.06. The Morgan fingerprint density at radius 3 is 2.64 bits per heavy atom. The molecule has 8 nitrogen and oxygen atoms in total. The Bertz CT molecular complexity index is 923. The molecule has 2 aliphatic rings. The Kier molecular flexibility index (Phi) is 5.65. The molecular weight excluding hydrogens is 380 g/mol. The van der Waals surface area contributed by atoms with Crippen LogP contribution in [0.1, 0.15) is 32.1 Å². The van der Waals surface area contributed by atoms with Crippen molar-refractivity contribution in [3.8, 4) is 5.75 Å². The largest absolute Gasteiger partial charge is 0.488 e. The first-order valence-electron chi connectivity index (χ1n) is 9.70. The minimum Gasteiger partial charge on any atom is -0.488 e. The lowest BCUT2D eigenvalue weighted by Gasteiger charge is -2.29. The van der Waals surface area contributed by atoms with E-state index in [4.69, 9.17) is 9.47 Å². The van der Waals surface area contributed by atoms with Gasteiger partial charge in [0.05, 0.1) is 25.0 Å². The van der Waals surface area contributed by atoms with Gasteiger partial charge in [-0.25, -0.2) is 23.1 Å². The zero-order chi connectivity index (χ0) is 19.6. The summed E-state index contributed by atoms with van der Waals surface area (Å²) in [5, 5.41) is 4.35. The van der Waals surface area contributed by atoms with Gasteiger partial charge < -0.3 is 14.8 Å². The highest BCUT2D eigenvalue weighted by atomic mass is 32.2. The van der Waals surface area contributed by atoms with Crippen molar-refractivity contribution >= 4 is 26.9 Å². The van der Waals surface area contributed by atoms with Crippen molar-refractivity contribution in [2.75, 3.05) is 24.8 Å². The molecular formula is C19H26N4O4S. The van der Waals surface area contributed by atoms with Crippen molar-refractivity contribution in [3.05, 3.63) is 24.4 Å². The van der Waals surface area contributed by atoms with E-state index in [9.17, 15) is 8.42 Å². The van der Waals surface area contributed by atoms with Crippen molar-refractivity contribution < 1.29 is 17.9 Å². The van der Waals surface area contributed by atoms with Gasteiger partial charge in [0.1, 0.15) is 11.9 Å². The quantitative estimate of drug-likeness (QED) is 0.757. The van der Waals surface area contributed by atoms with Gasteiger partial charge in [-0.1, -0.05) is 0 Å². The maximum Gasteiger partial charge on any atom is 0.223 e. The van der Waals surface area contributed by atoms with E-state index < -0.39 is 10.0 Å². The lowest BCUT2D eigenvalue weighted by molar-refractivity contribution is 0.141. The van der Waals surface area contributed by atoms with E-state index in [0.29, 0.717) is 12.6 Å². The van der Waals surface area contributed by atoms with Crippen LogP contribution in [0, 0.1) is 0 Å². The van der Waals surface area contributed by atoms with E-state index in [1.54, 1.807) is 0 Å². The number of benzene rings is 1. The first-order valence-corrected chi connectivity index (χ1v) is 11.6. The van der Waals surface area contributed by atoms with Gasteiger partial charge in [-0.05, 0) is 37.8 Å². The molecule has 0 radical (unpaired) electrons. The van der Waals surface area contributed by atoms with Gasteiger partial charge in [-0.3, -0.25) is 0 Å². The minimum absolute atomic E-state index is 0.0184. The number of nitrogens with one attached hydrogen (secondary N) is 2. The third-order valence-electron chi connectivity index (χ3n) is 5.19. The van der Waals surface area contributed by atoms with Gasteiger partial charge in [0.15, 0.2) is 0 Å². The third-order valence-corrected chi connectivity index (χ3v) is 5.95. The van der Waals surface area contributed by atoms with Crippen LogP contribution >= 0.6 is 0 Å².